The van der Waals surface area contributed by atoms with Crippen LogP contribution in [0.4, 0.5) is 4.79 Å². The van der Waals surface area contributed by atoms with Gasteiger partial charge in [0.1, 0.15) is 12.1 Å². The van der Waals surface area contributed by atoms with Gasteiger partial charge in [-0.05, 0) is 37.5 Å². The maximum absolute atomic E-state index is 12.2. The van der Waals surface area contributed by atoms with Gasteiger partial charge in [0.15, 0.2) is 11.5 Å². The maximum atomic E-state index is 12.2. The Morgan fingerprint density at radius 3 is 2.09 bits per heavy atom. The van der Waals surface area contributed by atoms with Crippen LogP contribution in [-0.2, 0) is 30.3 Å². The molecule has 2 N–H and O–H groups in total. The van der Waals surface area contributed by atoms with Crippen LogP contribution in [0.25, 0.3) is 0 Å². The quantitative estimate of drug-likeness (QED) is 0.223. The highest BCUT2D eigenvalue weighted by molar-refractivity contribution is 5.78. The molecule has 0 aliphatic heterocycles. The van der Waals surface area contributed by atoms with Gasteiger partial charge in [0.05, 0.1) is 18.4 Å². The van der Waals surface area contributed by atoms with Crippen molar-refractivity contribution < 1.29 is 43.2 Å². The number of carbonyl (C=O) groups is 4. The number of rotatable bonds is 14. The largest absolute Gasteiger partial charge is 0.508 e. The van der Waals surface area contributed by atoms with Crippen LogP contribution in [0.3, 0.4) is 0 Å². The molecule has 196 valence electrons. The number of nitrogens with one attached hydrogen (secondary N) is 1. The Morgan fingerprint density at radius 2 is 1.54 bits per heavy atom. The molecule has 0 amide bonds. The fourth-order valence-corrected chi connectivity index (χ4v) is 2.63. The minimum atomic E-state index is -1.11. The van der Waals surface area contributed by atoms with E-state index in [1.54, 1.807) is 40.7 Å². The van der Waals surface area contributed by atoms with Crippen LogP contribution in [0, 0.1) is 11.8 Å². The molecule has 1 aromatic rings. The van der Waals surface area contributed by atoms with Gasteiger partial charge in [0.2, 0.25) is 0 Å². The van der Waals surface area contributed by atoms with Crippen molar-refractivity contribution in [1.82, 2.24) is 5.32 Å². The Labute approximate surface area is 206 Å². The number of unbranched alkanes of at least 4 members (excludes halogenated alkanes) is 1. The SMILES string of the molecule is CCCCOC(=O)OC(C)CN[C@@H](Cc1ccc(OC(=O)C(C)C)c(OC(=O)C(C)C)c1)C(=O)O. The minimum Gasteiger partial charge on any atom is -0.480 e. The Kier molecular flexibility index (Phi) is 12.8. The highest BCUT2D eigenvalue weighted by Crippen LogP contribution is 2.30. The second-order valence-corrected chi connectivity index (χ2v) is 8.82. The summed E-state index contributed by atoms with van der Waals surface area (Å²) in [5.74, 6) is -2.83. The van der Waals surface area contributed by atoms with Crippen LogP contribution >= 0.6 is 0 Å². The van der Waals surface area contributed by atoms with Crippen molar-refractivity contribution in [2.24, 2.45) is 11.8 Å². The van der Waals surface area contributed by atoms with Crippen LogP contribution in [0.15, 0.2) is 18.2 Å². The minimum absolute atomic E-state index is 0.0332. The molecular formula is C25H37NO9. The first-order valence-corrected chi connectivity index (χ1v) is 11.8. The number of hydrogen-bond acceptors (Lipinski definition) is 9. The Bertz CT molecular complexity index is 866. The predicted octanol–water partition coefficient (Wildman–Crippen LogP) is 3.74. The summed E-state index contributed by atoms with van der Waals surface area (Å²) in [5, 5.41) is 12.5. The third-order valence-corrected chi connectivity index (χ3v) is 4.78. The van der Waals surface area contributed by atoms with Gasteiger partial charge in [-0.15, -0.1) is 0 Å². The van der Waals surface area contributed by atoms with Crippen molar-refractivity contribution in [3.05, 3.63) is 23.8 Å². The zero-order valence-electron chi connectivity index (χ0n) is 21.3. The molecule has 0 aliphatic rings. The first-order chi connectivity index (χ1) is 16.4. The second kappa shape index (κ2) is 15.0. The zero-order valence-corrected chi connectivity index (χ0v) is 21.3. The lowest BCUT2D eigenvalue weighted by Crippen LogP contribution is -2.42. The van der Waals surface area contributed by atoms with Gasteiger partial charge in [-0.3, -0.25) is 14.4 Å². The molecule has 0 bridgehead atoms. The number of aliphatic carboxylic acids is 1. The molecule has 0 aromatic heterocycles. The van der Waals surface area contributed by atoms with Gasteiger partial charge >= 0.3 is 24.1 Å². The third-order valence-electron chi connectivity index (χ3n) is 4.78. The summed E-state index contributed by atoms with van der Waals surface area (Å²) >= 11 is 0. The van der Waals surface area contributed by atoms with Crippen LogP contribution in [-0.4, -0.2) is 54.5 Å². The first-order valence-electron chi connectivity index (χ1n) is 11.8. The molecular weight excluding hydrogens is 458 g/mol. The Morgan fingerprint density at radius 1 is 0.943 bits per heavy atom. The second-order valence-electron chi connectivity index (χ2n) is 8.82. The molecule has 2 atom stereocenters. The van der Waals surface area contributed by atoms with E-state index in [1.807, 2.05) is 6.92 Å². The molecule has 0 saturated heterocycles. The highest BCUT2D eigenvalue weighted by Gasteiger charge is 2.23. The number of benzene rings is 1. The van der Waals surface area contributed by atoms with Crippen LogP contribution in [0.5, 0.6) is 11.5 Å². The Hall–Kier alpha value is -3.14. The summed E-state index contributed by atoms with van der Waals surface area (Å²) < 4.78 is 20.8. The summed E-state index contributed by atoms with van der Waals surface area (Å²) in [4.78, 5) is 47.7. The molecule has 0 saturated carbocycles. The molecule has 0 radical (unpaired) electrons. The number of carboxylic acid groups (broad SMARTS) is 1. The average molecular weight is 496 g/mol. The van der Waals surface area contributed by atoms with E-state index < -0.39 is 48.0 Å². The summed E-state index contributed by atoms with van der Waals surface area (Å²) in [5.41, 5.74) is 0.536. The number of carbonyl (C=O) groups excluding carboxylic acids is 3. The molecule has 10 nitrogen and oxygen atoms in total. The van der Waals surface area contributed by atoms with E-state index >= 15 is 0 Å². The van der Waals surface area contributed by atoms with Crippen molar-refractivity contribution >= 4 is 24.1 Å². The number of ether oxygens (including phenoxy) is 4. The van der Waals surface area contributed by atoms with Gasteiger partial charge in [0, 0.05) is 6.54 Å². The summed E-state index contributed by atoms with van der Waals surface area (Å²) in [6.45, 7) is 10.6. The first kappa shape index (κ1) is 29.9. The molecule has 35 heavy (non-hydrogen) atoms. The van der Waals surface area contributed by atoms with E-state index in [-0.39, 0.29) is 31.1 Å². The van der Waals surface area contributed by atoms with E-state index in [0.29, 0.717) is 5.56 Å². The molecule has 0 fully saturated rings. The molecule has 1 rings (SSSR count). The van der Waals surface area contributed by atoms with Crippen molar-refractivity contribution in [3.8, 4) is 11.5 Å². The van der Waals surface area contributed by atoms with E-state index in [0.717, 1.165) is 12.8 Å². The molecule has 1 aromatic carbocycles. The van der Waals surface area contributed by atoms with Crippen LogP contribution in [0.2, 0.25) is 0 Å². The summed E-state index contributed by atoms with van der Waals surface area (Å²) in [6, 6.07) is 3.52. The number of carboxylic acids is 1. The van der Waals surface area contributed by atoms with Crippen LogP contribution in [0.1, 0.15) is 59.9 Å². The van der Waals surface area contributed by atoms with E-state index in [1.165, 1.54) is 12.1 Å². The lowest BCUT2D eigenvalue weighted by atomic mass is 10.0. The predicted molar refractivity (Wildman–Crippen MR) is 127 cm³/mol. The molecule has 0 spiro atoms. The zero-order chi connectivity index (χ0) is 26.5. The molecule has 0 aliphatic carbocycles. The van der Waals surface area contributed by atoms with Gasteiger partial charge in [-0.1, -0.05) is 47.1 Å². The van der Waals surface area contributed by atoms with E-state index in [4.69, 9.17) is 18.9 Å². The smallest absolute Gasteiger partial charge is 0.480 e. The number of esters is 2. The monoisotopic (exact) mass is 495 g/mol. The lowest BCUT2D eigenvalue weighted by Gasteiger charge is -2.19. The molecule has 10 heteroatoms. The van der Waals surface area contributed by atoms with Crippen molar-refractivity contribution in [2.75, 3.05) is 13.2 Å². The summed E-state index contributed by atoms with van der Waals surface area (Å²) in [7, 11) is 0. The van der Waals surface area contributed by atoms with Crippen molar-refractivity contribution in [3.63, 3.8) is 0 Å². The number of hydrogen-bond donors (Lipinski definition) is 2. The van der Waals surface area contributed by atoms with E-state index in [9.17, 15) is 24.3 Å². The van der Waals surface area contributed by atoms with Gasteiger partial charge in [0.25, 0.3) is 0 Å². The topological polar surface area (TPSA) is 137 Å². The lowest BCUT2D eigenvalue weighted by molar-refractivity contribution is -0.140. The standard InChI is InChI=1S/C25H37NO9/c1-7-8-11-32-25(31)33-17(6)14-26-19(22(27)28)12-18-9-10-20(34-23(29)15(2)3)21(13-18)35-24(30)16(4)5/h9-10,13,15-17,19,26H,7-8,11-12,14H2,1-6H3,(H,27,28)/t17?,19-/m0/s1. The third kappa shape index (κ3) is 11.2. The fourth-order valence-electron chi connectivity index (χ4n) is 2.63. The highest BCUT2D eigenvalue weighted by atomic mass is 16.7. The normalized spacial score (nSPS) is 12.7. The Balaban J connectivity index is 2.90. The fraction of sp³-hybridized carbons (Fsp3) is 0.600. The molecule has 1 unspecified atom stereocenters. The summed E-state index contributed by atoms with van der Waals surface area (Å²) in [6.07, 6.45) is 0.221. The van der Waals surface area contributed by atoms with E-state index in [2.05, 4.69) is 5.32 Å². The molecule has 0 heterocycles. The van der Waals surface area contributed by atoms with Crippen LogP contribution < -0.4 is 14.8 Å². The van der Waals surface area contributed by atoms with Gasteiger partial charge in [-0.25, -0.2) is 4.79 Å². The van der Waals surface area contributed by atoms with Gasteiger partial charge in [-0.2, -0.15) is 0 Å². The van der Waals surface area contributed by atoms with Crippen molar-refractivity contribution in [2.45, 2.75) is 73.0 Å². The maximum Gasteiger partial charge on any atom is 0.508 e. The van der Waals surface area contributed by atoms with Gasteiger partial charge < -0.3 is 29.4 Å². The van der Waals surface area contributed by atoms with Crippen molar-refractivity contribution in [1.29, 1.82) is 0 Å². The average Bonchev–Trinajstić information content (AvgIpc) is 2.77.